The topological polar surface area (TPSA) is 41.5 Å². The van der Waals surface area contributed by atoms with Gasteiger partial charge < -0.3 is 15.2 Å². The number of ether oxygens (including phenoxy) is 1. The number of nitrogens with one attached hydrogen (secondary N) is 1. The zero-order chi connectivity index (χ0) is 11.6. The van der Waals surface area contributed by atoms with E-state index in [-0.39, 0.29) is 6.61 Å². The first-order valence-corrected chi connectivity index (χ1v) is 6.70. The van der Waals surface area contributed by atoms with Gasteiger partial charge in [-0.1, -0.05) is 0 Å². The Morgan fingerprint density at radius 2 is 2.38 bits per heavy atom. The molecule has 2 N–H and O–H groups in total. The highest BCUT2D eigenvalue weighted by Crippen LogP contribution is 2.08. The molecule has 0 amide bonds. The number of hydrogen-bond acceptors (Lipinski definition) is 4. The Kier molecular flexibility index (Phi) is 7.42. The highest BCUT2D eigenvalue weighted by Gasteiger charge is 2.02. The van der Waals surface area contributed by atoms with Gasteiger partial charge in [-0.3, -0.25) is 0 Å². The summed E-state index contributed by atoms with van der Waals surface area (Å²) < 4.78 is 5.18. The van der Waals surface area contributed by atoms with Gasteiger partial charge in [-0.2, -0.15) is 11.3 Å². The Morgan fingerprint density at radius 3 is 3.06 bits per heavy atom. The van der Waals surface area contributed by atoms with Crippen molar-refractivity contribution < 1.29 is 9.84 Å². The van der Waals surface area contributed by atoms with Crippen LogP contribution >= 0.6 is 11.3 Å². The molecule has 1 atom stereocenters. The van der Waals surface area contributed by atoms with Crippen molar-refractivity contribution >= 4 is 11.3 Å². The second kappa shape index (κ2) is 8.70. The van der Waals surface area contributed by atoms with Crippen LogP contribution in [-0.4, -0.2) is 37.5 Å². The predicted octanol–water partition coefficient (Wildman–Crippen LogP) is 1.67. The predicted molar refractivity (Wildman–Crippen MR) is 68.0 cm³/mol. The van der Waals surface area contributed by atoms with Crippen LogP contribution in [0.5, 0.6) is 0 Å². The maximum atomic E-state index is 8.52. The number of aliphatic hydroxyl groups is 1. The minimum absolute atomic E-state index is 0.113. The highest BCUT2D eigenvalue weighted by molar-refractivity contribution is 7.07. The molecule has 92 valence electrons. The van der Waals surface area contributed by atoms with Gasteiger partial charge in [0.2, 0.25) is 0 Å². The van der Waals surface area contributed by atoms with Crippen LogP contribution in [-0.2, 0) is 11.2 Å². The average molecular weight is 243 g/mol. The van der Waals surface area contributed by atoms with Crippen molar-refractivity contribution in [1.29, 1.82) is 0 Å². The Bertz CT molecular complexity index is 252. The quantitative estimate of drug-likeness (QED) is 0.648. The summed E-state index contributed by atoms with van der Waals surface area (Å²) in [5.74, 6) is 0. The molecule has 1 aromatic rings. The van der Waals surface area contributed by atoms with E-state index in [1.54, 1.807) is 11.3 Å². The van der Waals surface area contributed by atoms with Crippen LogP contribution in [0.3, 0.4) is 0 Å². The van der Waals surface area contributed by atoms with Crippen molar-refractivity contribution in [2.24, 2.45) is 0 Å². The van der Waals surface area contributed by atoms with Gasteiger partial charge in [0.05, 0.1) is 13.2 Å². The van der Waals surface area contributed by atoms with E-state index in [4.69, 9.17) is 9.84 Å². The second-order valence-corrected chi connectivity index (χ2v) is 4.66. The smallest absolute Gasteiger partial charge is 0.0697 e. The molecule has 0 aromatic carbocycles. The standard InChI is InChI=1S/C12H21NO2S/c1-11(9-12-3-8-16-10-12)13-4-2-6-15-7-5-14/h3,8,10-11,13-14H,2,4-7,9H2,1H3. The van der Waals surface area contributed by atoms with E-state index in [0.29, 0.717) is 12.6 Å². The van der Waals surface area contributed by atoms with Gasteiger partial charge in [-0.25, -0.2) is 0 Å². The monoisotopic (exact) mass is 243 g/mol. The molecule has 1 unspecified atom stereocenters. The average Bonchev–Trinajstić information content (AvgIpc) is 2.76. The third-order valence-corrected chi connectivity index (χ3v) is 3.05. The van der Waals surface area contributed by atoms with Crippen LogP contribution < -0.4 is 5.32 Å². The summed E-state index contributed by atoms with van der Waals surface area (Å²) in [5, 5.41) is 16.3. The van der Waals surface area contributed by atoms with E-state index in [0.717, 1.165) is 26.0 Å². The lowest BCUT2D eigenvalue weighted by molar-refractivity contribution is 0.0904. The van der Waals surface area contributed by atoms with E-state index >= 15 is 0 Å². The van der Waals surface area contributed by atoms with Gasteiger partial charge in [0, 0.05) is 12.6 Å². The summed E-state index contributed by atoms with van der Waals surface area (Å²) in [6, 6.07) is 2.68. The number of hydrogen-bond donors (Lipinski definition) is 2. The van der Waals surface area contributed by atoms with Gasteiger partial charge >= 0.3 is 0 Å². The molecular formula is C12H21NO2S. The summed E-state index contributed by atoms with van der Waals surface area (Å²) in [7, 11) is 0. The van der Waals surface area contributed by atoms with E-state index in [2.05, 4.69) is 29.1 Å². The largest absolute Gasteiger partial charge is 0.394 e. The van der Waals surface area contributed by atoms with Crippen molar-refractivity contribution in [3.05, 3.63) is 22.4 Å². The molecule has 0 bridgehead atoms. The van der Waals surface area contributed by atoms with Crippen molar-refractivity contribution in [3.8, 4) is 0 Å². The highest BCUT2D eigenvalue weighted by atomic mass is 32.1. The van der Waals surface area contributed by atoms with Gasteiger partial charge in [0.15, 0.2) is 0 Å². The third-order valence-electron chi connectivity index (χ3n) is 2.32. The molecule has 3 nitrogen and oxygen atoms in total. The van der Waals surface area contributed by atoms with Crippen LogP contribution in [0.25, 0.3) is 0 Å². The molecule has 1 rings (SSSR count). The molecule has 0 saturated heterocycles. The first kappa shape index (κ1) is 13.6. The zero-order valence-corrected chi connectivity index (χ0v) is 10.6. The van der Waals surface area contributed by atoms with Gasteiger partial charge in [-0.05, 0) is 48.7 Å². The van der Waals surface area contributed by atoms with Gasteiger partial charge in [0.1, 0.15) is 0 Å². The van der Waals surface area contributed by atoms with Gasteiger partial charge in [0.25, 0.3) is 0 Å². The number of thiophene rings is 1. The minimum atomic E-state index is 0.113. The molecule has 0 aliphatic rings. The van der Waals surface area contributed by atoms with Crippen molar-refractivity contribution in [1.82, 2.24) is 5.32 Å². The Morgan fingerprint density at radius 1 is 1.50 bits per heavy atom. The normalized spacial score (nSPS) is 12.9. The fraction of sp³-hybridized carbons (Fsp3) is 0.667. The maximum absolute atomic E-state index is 8.52. The van der Waals surface area contributed by atoms with Crippen LogP contribution in [0.2, 0.25) is 0 Å². The lowest BCUT2D eigenvalue weighted by Crippen LogP contribution is -2.29. The van der Waals surface area contributed by atoms with Crippen molar-refractivity contribution in [2.75, 3.05) is 26.4 Å². The third kappa shape index (κ3) is 6.23. The van der Waals surface area contributed by atoms with Crippen LogP contribution in [0.15, 0.2) is 16.8 Å². The Balaban J connectivity index is 1.96. The molecule has 16 heavy (non-hydrogen) atoms. The molecule has 0 aliphatic heterocycles. The van der Waals surface area contributed by atoms with Crippen molar-refractivity contribution in [2.45, 2.75) is 25.8 Å². The summed E-state index contributed by atoms with van der Waals surface area (Å²) in [6.45, 7) is 4.45. The molecule has 1 aromatic heterocycles. The first-order valence-electron chi connectivity index (χ1n) is 5.76. The van der Waals surface area contributed by atoms with E-state index in [1.807, 2.05) is 0 Å². The lowest BCUT2D eigenvalue weighted by atomic mass is 10.1. The van der Waals surface area contributed by atoms with Crippen LogP contribution in [0.1, 0.15) is 18.9 Å². The summed E-state index contributed by atoms with van der Waals surface area (Å²) >= 11 is 1.75. The second-order valence-electron chi connectivity index (χ2n) is 3.88. The van der Waals surface area contributed by atoms with Crippen LogP contribution in [0, 0.1) is 0 Å². The molecule has 0 aliphatic carbocycles. The maximum Gasteiger partial charge on any atom is 0.0697 e. The molecular weight excluding hydrogens is 222 g/mol. The molecule has 1 heterocycles. The van der Waals surface area contributed by atoms with Gasteiger partial charge in [-0.15, -0.1) is 0 Å². The summed E-state index contributed by atoms with van der Waals surface area (Å²) in [4.78, 5) is 0. The fourth-order valence-corrected chi connectivity index (χ4v) is 2.21. The molecule has 0 spiro atoms. The lowest BCUT2D eigenvalue weighted by Gasteiger charge is -2.12. The van der Waals surface area contributed by atoms with Crippen LogP contribution in [0.4, 0.5) is 0 Å². The Labute approximate surface area is 101 Å². The van der Waals surface area contributed by atoms with E-state index < -0.39 is 0 Å². The molecule has 4 heteroatoms. The molecule has 0 fully saturated rings. The summed E-state index contributed by atoms with van der Waals surface area (Å²) in [5.41, 5.74) is 1.40. The SMILES string of the molecule is CC(Cc1ccsc1)NCCCOCCO. The minimum Gasteiger partial charge on any atom is -0.394 e. The number of aliphatic hydroxyl groups excluding tert-OH is 1. The Hall–Kier alpha value is -0.420. The zero-order valence-electron chi connectivity index (χ0n) is 9.82. The fourth-order valence-electron chi connectivity index (χ4n) is 1.52. The molecule has 0 saturated carbocycles. The summed E-state index contributed by atoms with van der Waals surface area (Å²) in [6.07, 6.45) is 2.08. The van der Waals surface area contributed by atoms with E-state index in [1.165, 1.54) is 5.56 Å². The van der Waals surface area contributed by atoms with E-state index in [9.17, 15) is 0 Å². The molecule has 0 radical (unpaired) electrons. The number of rotatable bonds is 9. The first-order chi connectivity index (χ1) is 7.83. The van der Waals surface area contributed by atoms with Crippen molar-refractivity contribution in [3.63, 3.8) is 0 Å².